The molecule has 3 fully saturated rings. The second-order valence-electron chi connectivity index (χ2n) is 9.51. The third-order valence-electron chi connectivity index (χ3n) is 7.29. The van der Waals surface area contributed by atoms with Crippen LogP contribution in [0.4, 0.5) is 0 Å². The monoisotopic (exact) mass is 467 g/mol. The van der Waals surface area contributed by atoms with Crippen LogP contribution < -0.4 is 10.6 Å². The third-order valence-corrected chi connectivity index (χ3v) is 9.24. The molecule has 8 heteroatoms. The minimum Gasteiger partial charge on any atom is -0.396 e. The van der Waals surface area contributed by atoms with E-state index in [1.807, 2.05) is 6.92 Å². The molecule has 0 aromatic heterocycles. The lowest BCUT2D eigenvalue weighted by Crippen LogP contribution is -2.54. The van der Waals surface area contributed by atoms with Crippen molar-refractivity contribution in [1.29, 1.82) is 0 Å². The summed E-state index contributed by atoms with van der Waals surface area (Å²) < 4.78 is -0.476. The summed E-state index contributed by atoms with van der Waals surface area (Å²) in [5.41, 5.74) is 0. The van der Waals surface area contributed by atoms with Crippen molar-refractivity contribution >= 4 is 29.5 Å². The van der Waals surface area contributed by atoms with Crippen molar-refractivity contribution in [2.75, 3.05) is 26.2 Å². The fraction of sp³-hybridized carbons (Fsp3) is 0.875. The van der Waals surface area contributed by atoms with Crippen molar-refractivity contribution in [3.05, 3.63) is 0 Å². The van der Waals surface area contributed by atoms with E-state index >= 15 is 0 Å². The second kappa shape index (κ2) is 11.7. The number of carbonyl (C=O) groups excluding carboxylic acids is 3. The number of aliphatic hydroxyl groups excluding tert-OH is 1. The molecule has 3 heterocycles. The zero-order valence-electron chi connectivity index (χ0n) is 19.7. The molecule has 3 amide bonds. The van der Waals surface area contributed by atoms with Gasteiger partial charge in [0.1, 0.15) is 6.04 Å². The van der Waals surface area contributed by atoms with E-state index in [-0.39, 0.29) is 35.5 Å². The first-order valence-electron chi connectivity index (χ1n) is 12.7. The molecule has 2 bridgehead atoms. The number of unbranched alkanes of at least 4 members (excludes halogenated alkanes) is 5. The second-order valence-corrected chi connectivity index (χ2v) is 11.1. The Morgan fingerprint density at radius 3 is 2.50 bits per heavy atom. The molecule has 5 atom stereocenters. The molecule has 3 rings (SSSR count). The topological polar surface area (TPSA) is 98.7 Å². The van der Waals surface area contributed by atoms with Gasteiger partial charge in [0.25, 0.3) is 0 Å². The SMILES string of the molecule is CCCCCNC(=O)C1N(CCCCCCO)C(=O)[C@@H]2[C@H](C(=O)NCCC)[C@@H]3CCC12S3. The van der Waals surface area contributed by atoms with Crippen molar-refractivity contribution in [2.45, 2.75) is 94.1 Å². The van der Waals surface area contributed by atoms with Crippen molar-refractivity contribution in [3.63, 3.8) is 0 Å². The van der Waals surface area contributed by atoms with Gasteiger partial charge in [0.05, 0.1) is 16.6 Å². The first-order chi connectivity index (χ1) is 15.5. The molecule has 3 saturated heterocycles. The number of hydrogen-bond donors (Lipinski definition) is 3. The maximum atomic E-state index is 13.7. The predicted molar refractivity (Wildman–Crippen MR) is 127 cm³/mol. The van der Waals surface area contributed by atoms with Crippen LogP contribution in [0, 0.1) is 11.8 Å². The number of aliphatic hydroxyl groups is 1. The van der Waals surface area contributed by atoms with Crippen molar-refractivity contribution in [1.82, 2.24) is 15.5 Å². The summed E-state index contributed by atoms with van der Waals surface area (Å²) in [6, 6.07) is -0.488. The Kier molecular flexibility index (Phi) is 9.29. The van der Waals surface area contributed by atoms with Gasteiger partial charge in [0.15, 0.2) is 0 Å². The molecule has 32 heavy (non-hydrogen) atoms. The van der Waals surface area contributed by atoms with E-state index in [1.165, 1.54) is 0 Å². The van der Waals surface area contributed by atoms with Gasteiger partial charge >= 0.3 is 0 Å². The Morgan fingerprint density at radius 1 is 1.03 bits per heavy atom. The van der Waals surface area contributed by atoms with Gasteiger partial charge < -0.3 is 20.6 Å². The van der Waals surface area contributed by atoms with Crippen LogP contribution in [0.1, 0.15) is 78.1 Å². The summed E-state index contributed by atoms with van der Waals surface area (Å²) in [6.07, 6.45) is 9.10. The maximum Gasteiger partial charge on any atom is 0.244 e. The van der Waals surface area contributed by atoms with Gasteiger partial charge in [-0.15, -0.1) is 11.8 Å². The lowest BCUT2D eigenvalue weighted by Gasteiger charge is -2.34. The highest BCUT2D eigenvalue weighted by atomic mass is 32.2. The van der Waals surface area contributed by atoms with Crippen molar-refractivity contribution in [3.8, 4) is 0 Å². The Morgan fingerprint density at radius 2 is 1.78 bits per heavy atom. The Bertz CT molecular complexity index is 676. The molecule has 0 radical (unpaired) electrons. The summed E-state index contributed by atoms with van der Waals surface area (Å²) in [5, 5.41) is 15.3. The Labute approximate surface area is 196 Å². The zero-order valence-corrected chi connectivity index (χ0v) is 20.6. The highest BCUT2D eigenvalue weighted by molar-refractivity contribution is 8.02. The predicted octanol–water partition coefficient (Wildman–Crippen LogP) is 2.46. The number of nitrogens with one attached hydrogen (secondary N) is 2. The van der Waals surface area contributed by atoms with Gasteiger partial charge in [-0.2, -0.15) is 0 Å². The maximum absolute atomic E-state index is 13.7. The number of thioether (sulfide) groups is 1. The number of rotatable bonds is 14. The zero-order chi connectivity index (χ0) is 23.1. The van der Waals surface area contributed by atoms with E-state index < -0.39 is 16.7 Å². The molecule has 0 saturated carbocycles. The van der Waals surface area contributed by atoms with Crippen LogP contribution in [0.15, 0.2) is 0 Å². The molecule has 0 aromatic carbocycles. The number of likely N-dealkylation sites (tertiary alicyclic amines) is 1. The molecule has 1 spiro atoms. The van der Waals surface area contributed by atoms with Crippen LogP contribution in [0.3, 0.4) is 0 Å². The van der Waals surface area contributed by atoms with E-state index in [1.54, 1.807) is 16.7 Å². The molecule has 3 aliphatic rings. The van der Waals surface area contributed by atoms with Crippen molar-refractivity contribution in [2.24, 2.45) is 11.8 Å². The molecule has 0 aromatic rings. The van der Waals surface area contributed by atoms with Crippen LogP contribution in [0.5, 0.6) is 0 Å². The first kappa shape index (κ1) is 25.3. The van der Waals surface area contributed by atoms with Crippen LogP contribution in [0.2, 0.25) is 0 Å². The molecule has 3 aliphatic heterocycles. The highest BCUT2D eigenvalue weighted by Gasteiger charge is 2.73. The summed E-state index contributed by atoms with van der Waals surface area (Å²) in [5.74, 6) is -0.798. The van der Waals surface area contributed by atoms with Crippen LogP contribution >= 0.6 is 11.8 Å². The normalized spacial score (nSPS) is 30.6. The van der Waals surface area contributed by atoms with Gasteiger partial charge in [-0.05, 0) is 38.5 Å². The fourth-order valence-corrected chi connectivity index (χ4v) is 8.01. The number of nitrogens with zero attached hydrogens (tertiary/aromatic N) is 1. The number of amides is 3. The quantitative estimate of drug-likeness (QED) is 0.341. The smallest absolute Gasteiger partial charge is 0.244 e. The number of hydrogen-bond acceptors (Lipinski definition) is 5. The molecular weight excluding hydrogens is 426 g/mol. The van der Waals surface area contributed by atoms with E-state index in [2.05, 4.69) is 17.6 Å². The third kappa shape index (κ3) is 4.96. The van der Waals surface area contributed by atoms with Gasteiger partial charge in [0.2, 0.25) is 17.7 Å². The molecular formula is C24H41N3O4S. The van der Waals surface area contributed by atoms with Crippen LogP contribution in [0.25, 0.3) is 0 Å². The molecule has 2 unspecified atom stereocenters. The molecule has 182 valence electrons. The van der Waals surface area contributed by atoms with Crippen LogP contribution in [-0.4, -0.2) is 70.0 Å². The number of fused-ring (bicyclic) bond motifs is 1. The minimum absolute atomic E-state index is 0.00721. The average Bonchev–Trinajstić information content (AvgIpc) is 3.42. The summed E-state index contributed by atoms with van der Waals surface area (Å²) in [4.78, 5) is 41.9. The average molecular weight is 468 g/mol. The fourth-order valence-electron chi connectivity index (χ4n) is 5.79. The van der Waals surface area contributed by atoms with E-state index in [4.69, 9.17) is 5.11 Å². The van der Waals surface area contributed by atoms with Gasteiger partial charge in [-0.3, -0.25) is 14.4 Å². The summed E-state index contributed by atoms with van der Waals surface area (Å²) >= 11 is 1.74. The Hall–Kier alpha value is -1.28. The van der Waals surface area contributed by atoms with Gasteiger partial charge in [0, 0.05) is 31.5 Å². The lowest BCUT2D eigenvalue weighted by molar-refractivity contribution is -0.140. The number of carbonyl (C=O) groups is 3. The van der Waals surface area contributed by atoms with Crippen LogP contribution in [-0.2, 0) is 14.4 Å². The molecule has 3 N–H and O–H groups in total. The van der Waals surface area contributed by atoms with E-state index in [0.29, 0.717) is 19.6 Å². The molecule has 7 nitrogen and oxygen atoms in total. The minimum atomic E-state index is -0.488. The lowest BCUT2D eigenvalue weighted by atomic mass is 9.70. The standard InChI is InChI=1S/C24H41N3O4S/c1-3-5-8-14-26-22(30)20-24-12-11-17(32-24)18(21(29)25-13-4-2)19(24)23(31)27(20)15-9-6-7-10-16-28/h17-20,28H,3-16H2,1-2H3,(H,25,29)(H,26,30)/t17-,18+,19-,20?,24?/m0/s1. The van der Waals surface area contributed by atoms with Crippen molar-refractivity contribution < 1.29 is 19.5 Å². The highest BCUT2D eigenvalue weighted by Crippen LogP contribution is 2.66. The largest absolute Gasteiger partial charge is 0.396 e. The summed E-state index contributed by atoms with van der Waals surface area (Å²) in [6.45, 7) is 6.15. The van der Waals surface area contributed by atoms with Gasteiger partial charge in [-0.25, -0.2) is 0 Å². The molecule has 0 aliphatic carbocycles. The van der Waals surface area contributed by atoms with Gasteiger partial charge in [-0.1, -0.05) is 39.5 Å². The van der Waals surface area contributed by atoms with E-state index in [0.717, 1.165) is 64.2 Å². The Balaban J connectivity index is 1.78. The first-order valence-corrected chi connectivity index (χ1v) is 13.5. The van der Waals surface area contributed by atoms with E-state index in [9.17, 15) is 14.4 Å². The summed E-state index contributed by atoms with van der Waals surface area (Å²) in [7, 11) is 0.